The standard InChI is InChI=1S/C8H7ClN2O3/c1-14-8(13)7-4(3-12)5(10)2-6(9)11-7/h2-3H,1H3,(H2,10,11). The van der Waals surface area contributed by atoms with Gasteiger partial charge in [0, 0.05) is 5.69 Å². The highest BCUT2D eigenvalue weighted by Gasteiger charge is 2.16. The van der Waals surface area contributed by atoms with E-state index in [0.29, 0.717) is 6.29 Å². The molecule has 0 aliphatic rings. The van der Waals surface area contributed by atoms with Crippen molar-refractivity contribution in [2.24, 2.45) is 0 Å². The lowest BCUT2D eigenvalue weighted by Crippen LogP contribution is -2.10. The highest BCUT2D eigenvalue weighted by Crippen LogP contribution is 2.18. The Morgan fingerprint density at radius 2 is 2.36 bits per heavy atom. The molecule has 1 heterocycles. The molecule has 0 fully saturated rings. The molecular formula is C8H7ClN2O3. The zero-order chi connectivity index (χ0) is 10.7. The first-order valence-corrected chi connectivity index (χ1v) is 3.97. The summed E-state index contributed by atoms with van der Waals surface area (Å²) in [5.41, 5.74) is 5.37. The molecule has 0 saturated carbocycles. The fraction of sp³-hybridized carbons (Fsp3) is 0.125. The minimum Gasteiger partial charge on any atom is -0.464 e. The van der Waals surface area contributed by atoms with E-state index in [-0.39, 0.29) is 22.1 Å². The van der Waals surface area contributed by atoms with Crippen LogP contribution in [0.2, 0.25) is 5.15 Å². The van der Waals surface area contributed by atoms with Crippen molar-refractivity contribution in [2.45, 2.75) is 0 Å². The minimum atomic E-state index is -0.749. The zero-order valence-electron chi connectivity index (χ0n) is 7.28. The normalized spacial score (nSPS) is 9.57. The van der Waals surface area contributed by atoms with Gasteiger partial charge in [0.25, 0.3) is 0 Å². The molecule has 2 N–H and O–H groups in total. The van der Waals surface area contributed by atoms with Crippen molar-refractivity contribution >= 4 is 29.5 Å². The van der Waals surface area contributed by atoms with Crippen LogP contribution in [0.1, 0.15) is 20.8 Å². The number of aromatic nitrogens is 1. The second-order valence-electron chi connectivity index (χ2n) is 2.41. The molecule has 0 unspecified atom stereocenters. The molecule has 5 nitrogen and oxygen atoms in total. The summed E-state index contributed by atoms with van der Waals surface area (Å²) in [5, 5.41) is 0.0356. The van der Waals surface area contributed by atoms with Gasteiger partial charge >= 0.3 is 5.97 Å². The van der Waals surface area contributed by atoms with Crippen molar-refractivity contribution in [3.8, 4) is 0 Å². The number of halogens is 1. The van der Waals surface area contributed by atoms with Gasteiger partial charge in [-0.25, -0.2) is 9.78 Å². The lowest BCUT2D eigenvalue weighted by Gasteiger charge is -2.04. The molecule has 6 heteroatoms. The number of hydrogen-bond acceptors (Lipinski definition) is 5. The van der Waals surface area contributed by atoms with Crippen molar-refractivity contribution in [3.05, 3.63) is 22.5 Å². The van der Waals surface area contributed by atoms with E-state index < -0.39 is 5.97 Å². The number of carbonyl (C=O) groups is 2. The van der Waals surface area contributed by atoms with Crippen LogP contribution < -0.4 is 5.73 Å². The van der Waals surface area contributed by atoms with Gasteiger partial charge in [-0.1, -0.05) is 11.6 Å². The molecule has 0 aliphatic carbocycles. The largest absolute Gasteiger partial charge is 0.464 e. The Kier molecular flexibility index (Phi) is 3.03. The molecule has 0 spiro atoms. The molecule has 0 atom stereocenters. The Bertz CT molecular complexity index is 392. The van der Waals surface area contributed by atoms with Gasteiger partial charge in [-0.15, -0.1) is 0 Å². The molecule has 1 aromatic heterocycles. The summed E-state index contributed by atoms with van der Waals surface area (Å²) in [6.07, 6.45) is 0.435. The van der Waals surface area contributed by atoms with E-state index >= 15 is 0 Å². The maximum absolute atomic E-state index is 11.1. The quantitative estimate of drug-likeness (QED) is 0.450. The molecular weight excluding hydrogens is 208 g/mol. The Balaban J connectivity index is 3.39. The first-order chi connectivity index (χ1) is 6.60. The molecule has 14 heavy (non-hydrogen) atoms. The molecule has 74 valence electrons. The number of aldehydes is 1. The second kappa shape index (κ2) is 4.06. The number of rotatable bonds is 2. The summed E-state index contributed by atoms with van der Waals surface area (Å²) in [5.74, 6) is -0.749. The van der Waals surface area contributed by atoms with E-state index in [1.165, 1.54) is 13.2 Å². The number of esters is 1. The number of nitrogens with zero attached hydrogens (tertiary/aromatic N) is 1. The maximum Gasteiger partial charge on any atom is 0.357 e. The highest BCUT2D eigenvalue weighted by atomic mass is 35.5. The van der Waals surface area contributed by atoms with Gasteiger partial charge in [-0.05, 0) is 6.07 Å². The average Bonchev–Trinajstić information content (AvgIpc) is 2.15. The van der Waals surface area contributed by atoms with E-state index in [4.69, 9.17) is 17.3 Å². The number of carbonyl (C=O) groups excluding carboxylic acids is 2. The average molecular weight is 215 g/mol. The van der Waals surface area contributed by atoms with Crippen LogP contribution in [0.25, 0.3) is 0 Å². The minimum absolute atomic E-state index is 0.0127. The summed E-state index contributed by atoms with van der Waals surface area (Å²) in [6.45, 7) is 0. The third-order valence-corrected chi connectivity index (χ3v) is 1.75. The van der Waals surface area contributed by atoms with Gasteiger partial charge < -0.3 is 10.5 Å². The van der Waals surface area contributed by atoms with Gasteiger partial charge in [0.05, 0.1) is 12.7 Å². The summed E-state index contributed by atoms with van der Waals surface area (Å²) in [7, 11) is 1.18. The lowest BCUT2D eigenvalue weighted by molar-refractivity contribution is 0.0591. The monoisotopic (exact) mass is 214 g/mol. The van der Waals surface area contributed by atoms with Gasteiger partial charge in [0.1, 0.15) is 5.15 Å². The van der Waals surface area contributed by atoms with E-state index in [2.05, 4.69) is 9.72 Å². The van der Waals surface area contributed by atoms with E-state index in [1.54, 1.807) is 0 Å². The van der Waals surface area contributed by atoms with Crippen LogP contribution in [-0.4, -0.2) is 24.3 Å². The number of ether oxygens (including phenoxy) is 1. The zero-order valence-corrected chi connectivity index (χ0v) is 8.04. The number of nitrogen functional groups attached to an aromatic ring is 1. The topological polar surface area (TPSA) is 82.3 Å². The second-order valence-corrected chi connectivity index (χ2v) is 2.79. The van der Waals surface area contributed by atoms with Gasteiger partial charge in [-0.3, -0.25) is 4.79 Å². The van der Waals surface area contributed by atoms with Crippen LogP contribution in [0, 0.1) is 0 Å². The van der Waals surface area contributed by atoms with Crippen molar-refractivity contribution in [2.75, 3.05) is 12.8 Å². The molecule has 1 aromatic rings. The molecule has 0 radical (unpaired) electrons. The fourth-order valence-corrected chi connectivity index (χ4v) is 1.12. The maximum atomic E-state index is 11.1. The summed E-state index contributed by atoms with van der Waals surface area (Å²) in [4.78, 5) is 25.4. The van der Waals surface area contributed by atoms with Gasteiger partial charge in [0.15, 0.2) is 12.0 Å². The number of pyridine rings is 1. The summed E-state index contributed by atoms with van der Waals surface area (Å²) >= 11 is 5.57. The number of anilines is 1. The predicted octanol–water partition coefficient (Wildman–Crippen LogP) is 0.916. The lowest BCUT2D eigenvalue weighted by atomic mass is 10.2. The van der Waals surface area contributed by atoms with Crippen molar-refractivity contribution < 1.29 is 14.3 Å². The Hall–Kier alpha value is -1.62. The van der Waals surface area contributed by atoms with Crippen molar-refractivity contribution in [1.29, 1.82) is 0 Å². The highest BCUT2D eigenvalue weighted by molar-refractivity contribution is 6.30. The third-order valence-electron chi connectivity index (χ3n) is 1.56. The first-order valence-electron chi connectivity index (χ1n) is 3.59. The van der Waals surface area contributed by atoms with Gasteiger partial charge in [0.2, 0.25) is 0 Å². The molecule has 0 aliphatic heterocycles. The van der Waals surface area contributed by atoms with Crippen LogP contribution in [-0.2, 0) is 4.74 Å². The van der Waals surface area contributed by atoms with Crippen LogP contribution in [0.3, 0.4) is 0 Å². The van der Waals surface area contributed by atoms with Crippen LogP contribution in [0.4, 0.5) is 5.69 Å². The van der Waals surface area contributed by atoms with Crippen LogP contribution in [0.5, 0.6) is 0 Å². The van der Waals surface area contributed by atoms with Gasteiger partial charge in [-0.2, -0.15) is 0 Å². The van der Waals surface area contributed by atoms with Crippen molar-refractivity contribution in [1.82, 2.24) is 4.98 Å². The Labute approximate surface area is 84.8 Å². The fourth-order valence-electron chi connectivity index (χ4n) is 0.918. The third kappa shape index (κ3) is 1.82. The van der Waals surface area contributed by atoms with E-state index in [9.17, 15) is 9.59 Å². The number of hydrogen-bond donors (Lipinski definition) is 1. The summed E-state index contributed by atoms with van der Waals surface area (Å²) < 4.78 is 4.41. The van der Waals surface area contributed by atoms with E-state index in [0.717, 1.165) is 0 Å². The van der Waals surface area contributed by atoms with Crippen LogP contribution >= 0.6 is 11.6 Å². The summed E-state index contributed by atoms with van der Waals surface area (Å²) in [6, 6.07) is 1.29. The predicted molar refractivity (Wildman–Crippen MR) is 50.4 cm³/mol. The molecule has 0 saturated heterocycles. The van der Waals surface area contributed by atoms with Crippen molar-refractivity contribution in [3.63, 3.8) is 0 Å². The Morgan fingerprint density at radius 3 is 2.86 bits per heavy atom. The SMILES string of the molecule is COC(=O)c1nc(Cl)cc(N)c1C=O. The molecule has 0 amide bonds. The molecule has 1 rings (SSSR count). The smallest absolute Gasteiger partial charge is 0.357 e. The molecule has 0 bridgehead atoms. The van der Waals surface area contributed by atoms with E-state index in [1.807, 2.05) is 0 Å². The number of methoxy groups -OCH3 is 1. The number of nitrogens with two attached hydrogens (primary N) is 1. The first kappa shape index (κ1) is 10.5. The Morgan fingerprint density at radius 1 is 1.71 bits per heavy atom. The van der Waals surface area contributed by atoms with Crippen LogP contribution in [0.15, 0.2) is 6.07 Å². The molecule has 0 aromatic carbocycles.